The van der Waals surface area contributed by atoms with Crippen LogP contribution in [0.3, 0.4) is 0 Å². The summed E-state index contributed by atoms with van der Waals surface area (Å²) >= 11 is 6.27. The number of carbonyl (C=O) groups is 1. The van der Waals surface area contributed by atoms with Gasteiger partial charge in [0.25, 0.3) is 0 Å². The Hall–Kier alpha value is -3.43. The van der Waals surface area contributed by atoms with E-state index in [1.165, 1.54) is 10.9 Å². The van der Waals surface area contributed by atoms with Gasteiger partial charge in [0.05, 0.1) is 76.9 Å². The van der Waals surface area contributed by atoms with Gasteiger partial charge < -0.3 is 49.6 Å². The second-order valence-electron chi connectivity index (χ2n) is 10.2. The maximum Gasteiger partial charge on any atom is 0.226 e. The van der Waals surface area contributed by atoms with Crippen LogP contribution in [0.5, 0.6) is 0 Å². The lowest BCUT2D eigenvalue weighted by Crippen LogP contribution is -2.33. The van der Waals surface area contributed by atoms with Crippen molar-refractivity contribution in [1.82, 2.24) is 25.1 Å². The lowest BCUT2D eigenvalue weighted by atomic mass is 10.0. The third-order valence-corrected chi connectivity index (χ3v) is 7.13. The van der Waals surface area contributed by atoms with Crippen LogP contribution in [-0.4, -0.2) is 125 Å². The van der Waals surface area contributed by atoms with E-state index in [1.807, 2.05) is 30.3 Å². The molecule has 2 aromatic heterocycles. The van der Waals surface area contributed by atoms with E-state index in [2.05, 4.69) is 31.6 Å². The molecule has 1 saturated heterocycles. The molecule has 4 rings (SSSR count). The topological polar surface area (TPSA) is 192 Å². The summed E-state index contributed by atoms with van der Waals surface area (Å²) < 4.78 is 28.4. The van der Waals surface area contributed by atoms with E-state index >= 15 is 0 Å². The van der Waals surface area contributed by atoms with Crippen molar-refractivity contribution in [2.24, 2.45) is 0 Å². The van der Waals surface area contributed by atoms with Crippen LogP contribution >= 0.6 is 11.6 Å². The van der Waals surface area contributed by atoms with Crippen molar-refractivity contribution in [2.75, 3.05) is 71.3 Å². The first-order valence-electron chi connectivity index (χ1n) is 14.8. The monoisotopic (exact) mass is 662 g/mol. The van der Waals surface area contributed by atoms with Crippen molar-refractivity contribution < 1.29 is 43.8 Å². The molecule has 16 heteroatoms. The molecular formula is C30H39ClN6O9. The number of amides is 1. The quantitative estimate of drug-likeness (QED) is 0.0637. The van der Waals surface area contributed by atoms with Crippen LogP contribution in [0, 0.1) is 12.3 Å². The summed E-state index contributed by atoms with van der Waals surface area (Å²) in [6.07, 6.45) is 1.85. The molecule has 15 nitrogen and oxygen atoms in total. The Morgan fingerprint density at radius 3 is 2.35 bits per heavy atom. The highest BCUT2D eigenvalue weighted by atomic mass is 35.5. The van der Waals surface area contributed by atoms with Crippen molar-refractivity contribution >= 4 is 34.4 Å². The highest BCUT2D eigenvalue weighted by Gasteiger charge is 2.44. The number of rotatable bonds is 20. The predicted octanol–water partition coefficient (Wildman–Crippen LogP) is 0.450. The molecule has 3 aromatic rings. The molecule has 1 aliphatic heterocycles. The number of halogens is 1. The highest BCUT2D eigenvalue weighted by Crippen LogP contribution is 2.34. The Morgan fingerprint density at radius 2 is 1.70 bits per heavy atom. The first kappa shape index (κ1) is 35.4. The Morgan fingerprint density at radius 1 is 1.02 bits per heavy atom. The number of nitrogens with one attached hydrogen (secondary N) is 2. The number of aromatic nitrogens is 4. The zero-order chi connectivity index (χ0) is 32.7. The molecular weight excluding hydrogens is 624 g/mol. The number of benzene rings is 1. The smallest absolute Gasteiger partial charge is 0.226 e. The van der Waals surface area contributed by atoms with Crippen molar-refractivity contribution in [2.45, 2.75) is 37.0 Å². The third-order valence-electron chi connectivity index (χ3n) is 6.96. The molecule has 0 aliphatic carbocycles. The predicted molar refractivity (Wildman–Crippen MR) is 166 cm³/mol. The van der Waals surface area contributed by atoms with Crippen LogP contribution in [0.15, 0.2) is 36.5 Å². The summed E-state index contributed by atoms with van der Waals surface area (Å²) in [4.78, 5) is 21.5. The molecule has 5 N–H and O–H groups in total. The normalized spacial score (nSPS) is 20.1. The van der Waals surface area contributed by atoms with Crippen molar-refractivity contribution in [1.29, 1.82) is 0 Å². The summed E-state index contributed by atoms with van der Waals surface area (Å²) in [7, 11) is 0. The Balaban J connectivity index is 1.28. The minimum atomic E-state index is -1.36. The Kier molecular flexibility index (Phi) is 14.4. The number of hydrogen-bond donors (Lipinski definition) is 5. The average molecular weight is 663 g/mol. The van der Waals surface area contributed by atoms with Gasteiger partial charge in [0.1, 0.15) is 30.7 Å². The number of nitrogens with zero attached hydrogens (tertiary/aromatic N) is 4. The molecule has 1 aromatic carbocycles. The first-order valence-corrected chi connectivity index (χ1v) is 15.2. The Bertz CT molecular complexity index is 1410. The number of anilines is 1. The summed E-state index contributed by atoms with van der Waals surface area (Å²) in [5, 5.41) is 41.0. The van der Waals surface area contributed by atoms with Gasteiger partial charge in [-0.3, -0.25) is 4.79 Å². The van der Waals surface area contributed by atoms with E-state index in [9.17, 15) is 20.1 Å². The lowest BCUT2D eigenvalue weighted by molar-refractivity contribution is -0.121. The largest absolute Gasteiger partial charge is 0.394 e. The summed E-state index contributed by atoms with van der Waals surface area (Å²) in [5.74, 6) is 2.47. The number of hydrogen-bond acceptors (Lipinski definition) is 13. The van der Waals surface area contributed by atoms with Gasteiger partial charge in [0, 0.05) is 6.54 Å². The van der Waals surface area contributed by atoms with Gasteiger partial charge in [-0.05, 0) is 17.2 Å². The molecule has 0 radical (unpaired) electrons. The van der Waals surface area contributed by atoms with Gasteiger partial charge in [-0.25, -0.2) is 4.68 Å². The van der Waals surface area contributed by atoms with E-state index in [4.69, 9.17) is 41.7 Å². The molecule has 5 atom stereocenters. The van der Waals surface area contributed by atoms with Gasteiger partial charge >= 0.3 is 0 Å². The van der Waals surface area contributed by atoms with Crippen molar-refractivity contribution in [3.05, 3.63) is 47.4 Å². The molecule has 0 saturated carbocycles. The van der Waals surface area contributed by atoms with Crippen molar-refractivity contribution in [3.63, 3.8) is 0 Å². The zero-order valence-electron chi connectivity index (χ0n) is 25.2. The molecule has 0 spiro atoms. The average Bonchev–Trinajstić information content (AvgIpc) is 3.60. The van der Waals surface area contributed by atoms with Crippen LogP contribution in [0.1, 0.15) is 24.3 Å². The molecule has 46 heavy (non-hydrogen) atoms. The number of terminal acetylenes is 1. The van der Waals surface area contributed by atoms with E-state index < -0.39 is 37.2 Å². The van der Waals surface area contributed by atoms with Crippen LogP contribution in [0.4, 0.5) is 5.82 Å². The van der Waals surface area contributed by atoms with E-state index in [0.717, 1.165) is 5.56 Å². The number of aliphatic hydroxyl groups is 3. The summed E-state index contributed by atoms with van der Waals surface area (Å²) in [5.41, 5.74) is 1.06. The Labute approximate surface area is 271 Å². The second-order valence-corrected chi connectivity index (χ2v) is 10.5. The van der Waals surface area contributed by atoms with E-state index in [1.54, 1.807) is 0 Å². The molecule has 1 amide bonds. The fourth-order valence-corrected chi connectivity index (χ4v) is 4.86. The molecule has 1 fully saturated rings. The van der Waals surface area contributed by atoms with Gasteiger partial charge in [0.2, 0.25) is 11.2 Å². The molecule has 3 heterocycles. The van der Waals surface area contributed by atoms with Crippen molar-refractivity contribution in [3.8, 4) is 12.3 Å². The fraction of sp³-hybridized carbons (Fsp3) is 0.533. The second kappa shape index (κ2) is 18.6. The first-order chi connectivity index (χ1) is 22.4. The van der Waals surface area contributed by atoms with E-state index in [0.29, 0.717) is 64.0 Å². The SMILES string of the molecule is C#CCOCCOCCOCCOCCNC(=O)C[C@@H](Nc1nc(Cl)nc2c1cnn2[C@@H]1O[C@H](CO)[C@@H](O)[C@H]1O)c1ccccc1. The maximum absolute atomic E-state index is 12.9. The fourth-order valence-electron chi connectivity index (χ4n) is 4.69. The van der Waals surface area contributed by atoms with Gasteiger partial charge in [-0.2, -0.15) is 15.1 Å². The molecule has 1 aliphatic rings. The third kappa shape index (κ3) is 10.0. The van der Waals surface area contributed by atoms with Crippen LogP contribution < -0.4 is 10.6 Å². The number of carbonyl (C=O) groups excluding carboxylic acids is 1. The molecule has 0 bridgehead atoms. The summed E-state index contributed by atoms with van der Waals surface area (Å²) in [6.45, 7) is 2.91. The minimum absolute atomic E-state index is 0.0625. The lowest BCUT2D eigenvalue weighted by Gasteiger charge is -2.20. The molecule has 0 unspecified atom stereocenters. The van der Waals surface area contributed by atoms with Crippen LogP contribution in [-0.2, 0) is 28.5 Å². The number of ether oxygens (including phenoxy) is 5. The molecule has 250 valence electrons. The standard InChI is InChI=1S/C30H39ClN6O9/c1-2-9-42-11-13-44-15-16-45-14-12-43-10-8-32-24(39)17-22(20-6-4-3-5-7-20)34-27-21-18-33-37(28(21)36-30(31)35-27)29-26(41)25(40)23(19-38)46-29/h1,3-7,18,22-23,25-26,29,38,40-41H,8-17,19H2,(H,32,39)(H,34,35,36)/t22-,23-,25-,26-,29-/m1/s1. The van der Waals surface area contributed by atoms with Crippen LogP contribution in [0.2, 0.25) is 5.28 Å². The number of aliphatic hydroxyl groups excluding tert-OH is 3. The van der Waals surface area contributed by atoms with E-state index in [-0.39, 0.29) is 29.9 Å². The van der Waals surface area contributed by atoms with Gasteiger partial charge in [-0.1, -0.05) is 36.3 Å². The maximum atomic E-state index is 12.9. The van der Waals surface area contributed by atoms with Gasteiger partial charge in [0.15, 0.2) is 11.9 Å². The van der Waals surface area contributed by atoms with Gasteiger partial charge in [-0.15, -0.1) is 6.42 Å². The zero-order valence-corrected chi connectivity index (χ0v) is 25.9. The number of fused-ring (bicyclic) bond motifs is 1. The highest BCUT2D eigenvalue weighted by molar-refractivity contribution is 6.28. The van der Waals surface area contributed by atoms with Crippen LogP contribution in [0.25, 0.3) is 11.0 Å². The minimum Gasteiger partial charge on any atom is -0.394 e. The summed E-state index contributed by atoms with van der Waals surface area (Å²) in [6, 6.07) is 8.86.